The first kappa shape index (κ1) is 24.2. The summed E-state index contributed by atoms with van der Waals surface area (Å²) >= 11 is 0. The summed E-state index contributed by atoms with van der Waals surface area (Å²) in [5.74, 6) is 0.185. The summed E-state index contributed by atoms with van der Waals surface area (Å²) in [5.41, 5.74) is 2.15. The second kappa shape index (κ2) is 11.9. The largest absolute Gasteiger partial charge is 0.336 e. The molecule has 2 heterocycles. The van der Waals surface area contributed by atoms with Crippen LogP contribution in [0, 0.1) is 0 Å². The number of amides is 1. The third-order valence-corrected chi connectivity index (χ3v) is 5.64. The summed E-state index contributed by atoms with van der Waals surface area (Å²) in [4.78, 5) is 19.7. The van der Waals surface area contributed by atoms with Crippen molar-refractivity contribution in [3.05, 3.63) is 35.4 Å². The van der Waals surface area contributed by atoms with Gasteiger partial charge in [0.2, 0.25) is 0 Å². The van der Waals surface area contributed by atoms with E-state index in [9.17, 15) is 4.79 Å². The highest BCUT2D eigenvalue weighted by molar-refractivity contribution is 5.94. The fourth-order valence-electron chi connectivity index (χ4n) is 3.93. The smallest absolute Gasteiger partial charge is 0.253 e. The van der Waals surface area contributed by atoms with Crippen LogP contribution >= 0.6 is 24.8 Å². The lowest BCUT2D eigenvalue weighted by Gasteiger charge is -2.37. The number of hydrogen-bond donors (Lipinski definition) is 0. The van der Waals surface area contributed by atoms with E-state index < -0.39 is 0 Å². The minimum atomic E-state index is 0. The Hall–Kier alpha value is -0.810. The van der Waals surface area contributed by atoms with Gasteiger partial charge in [0.05, 0.1) is 0 Å². The van der Waals surface area contributed by atoms with Crippen molar-refractivity contribution in [1.82, 2.24) is 14.7 Å². The predicted octanol–water partition coefficient (Wildman–Crippen LogP) is 4.07. The number of carbonyl (C=O) groups excluding carboxylic acids is 1. The summed E-state index contributed by atoms with van der Waals surface area (Å²) in [7, 11) is 0. The van der Waals surface area contributed by atoms with Gasteiger partial charge in [0.25, 0.3) is 5.91 Å². The first-order valence-corrected chi connectivity index (χ1v) is 9.98. The molecule has 0 spiro atoms. The summed E-state index contributed by atoms with van der Waals surface area (Å²) in [6.07, 6.45) is 5.37. The third-order valence-electron chi connectivity index (χ3n) is 5.64. The lowest BCUT2D eigenvalue weighted by atomic mass is 10.1. The zero-order valence-corrected chi connectivity index (χ0v) is 18.4. The molecule has 1 aromatic rings. The van der Waals surface area contributed by atoms with Crippen molar-refractivity contribution in [2.24, 2.45) is 0 Å². The maximum absolute atomic E-state index is 12.7. The van der Waals surface area contributed by atoms with E-state index in [4.69, 9.17) is 0 Å². The highest BCUT2D eigenvalue weighted by Crippen LogP contribution is 2.15. The number of nitrogens with zero attached hydrogens (tertiary/aromatic N) is 3. The molecule has 0 radical (unpaired) electrons. The van der Waals surface area contributed by atoms with E-state index in [0.29, 0.717) is 6.04 Å². The summed E-state index contributed by atoms with van der Waals surface area (Å²) in [5, 5.41) is 0. The average Bonchev–Trinajstić information content (AvgIpc) is 2.90. The van der Waals surface area contributed by atoms with Gasteiger partial charge in [-0.3, -0.25) is 14.6 Å². The Kier molecular flexibility index (Phi) is 10.7. The van der Waals surface area contributed by atoms with E-state index in [1.165, 1.54) is 44.3 Å². The Balaban J connectivity index is 0.00000182. The number of rotatable bonds is 4. The molecule has 2 fully saturated rings. The van der Waals surface area contributed by atoms with E-state index in [-0.39, 0.29) is 30.7 Å². The Morgan fingerprint density at radius 1 is 0.852 bits per heavy atom. The molecule has 1 amide bonds. The number of likely N-dealkylation sites (tertiary alicyclic amines) is 1. The van der Waals surface area contributed by atoms with Crippen LogP contribution in [0.15, 0.2) is 24.3 Å². The first-order chi connectivity index (χ1) is 12.1. The number of hydrogen-bond acceptors (Lipinski definition) is 3. The number of halogens is 2. The van der Waals surface area contributed by atoms with Crippen molar-refractivity contribution in [3.8, 4) is 0 Å². The molecular formula is C21H35Cl2N3O. The molecular weight excluding hydrogens is 381 g/mol. The molecule has 0 atom stereocenters. The van der Waals surface area contributed by atoms with Gasteiger partial charge < -0.3 is 4.90 Å². The van der Waals surface area contributed by atoms with Crippen molar-refractivity contribution >= 4 is 30.7 Å². The van der Waals surface area contributed by atoms with Crippen LogP contribution in [-0.4, -0.2) is 65.9 Å². The Bertz CT molecular complexity index is 549. The third kappa shape index (κ3) is 6.94. The summed E-state index contributed by atoms with van der Waals surface area (Å²) in [6, 6.07) is 8.88. The molecule has 3 rings (SSSR count). The van der Waals surface area contributed by atoms with E-state index >= 15 is 0 Å². The highest BCUT2D eigenvalue weighted by Gasteiger charge is 2.23. The Morgan fingerprint density at radius 2 is 1.41 bits per heavy atom. The highest BCUT2D eigenvalue weighted by atomic mass is 35.5. The molecule has 0 aliphatic carbocycles. The average molecular weight is 416 g/mol. The van der Waals surface area contributed by atoms with Crippen molar-refractivity contribution in [1.29, 1.82) is 0 Å². The Labute approximate surface area is 177 Å². The maximum Gasteiger partial charge on any atom is 0.253 e. The van der Waals surface area contributed by atoms with Crippen LogP contribution in [0.1, 0.15) is 55.5 Å². The second-order valence-electron chi connectivity index (χ2n) is 7.81. The van der Waals surface area contributed by atoms with Gasteiger partial charge in [-0.05, 0) is 57.5 Å². The van der Waals surface area contributed by atoms with Gasteiger partial charge in [0, 0.05) is 44.3 Å². The fourth-order valence-corrected chi connectivity index (χ4v) is 3.93. The van der Waals surface area contributed by atoms with E-state index in [1.54, 1.807) is 0 Å². The predicted molar refractivity (Wildman–Crippen MR) is 117 cm³/mol. The van der Waals surface area contributed by atoms with Crippen LogP contribution < -0.4 is 0 Å². The molecule has 1 aromatic carbocycles. The second-order valence-corrected chi connectivity index (χ2v) is 7.81. The molecule has 2 saturated heterocycles. The van der Waals surface area contributed by atoms with Gasteiger partial charge in [0.1, 0.15) is 0 Å². The molecule has 0 unspecified atom stereocenters. The first-order valence-electron chi connectivity index (χ1n) is 9.98. The lowest BCUT2D eigenvalue weighted by molar-refractivity contribution is 0.0595. The molecule has 4 nitrogen and oxygen atoms in total. The number of carbonyl (C=O) groups is 1. The summed E-state index contributed by atoms with van der Waals surface area (Å²) < 4.78 is 0. The molecule has 2 aliphatic heterocycles. The fraction of sp³-hybridized carbons (Fsp3) is 0.667. The molecule has 154 valence electrons. The van der Waals surface area contributed by atoms with Crippen LogP contribution in [0.2, 0.25) is 0 Å². The monoisotopic (exact) mass is 415 g/mol. The van der Waals surface area contributed by atoms with Gasteiger partial charge in [-0.25, -0.2) is 0 Å². The molecule has 0 aromatic heterocycles. The van der Waals surface area contributed by atoms with Gasteiger partial charge in [-0.1, -0.05) is 25.0 Å². The molecule has 6 heteroatoms. The minimum Gasteiger partial charge on any atom is -0.336 e. The summed E-state index contributed by atoms with van der Waals surface area (Å²) in [6.45, 7) is 11.5. The molecule has 27 heavy (non-hydrogen) atoms. The SMILES string of the molecule is CC(C)N1CCN(C(=O)c2ccc(CN3CCCCCC3)cc2)CC1.Cl.Cl. The standard InChI is InChI=1S/C21H33N3O.2ClH/c1-18(2)23-13-15-24(16-14-23)21(25)20-9-7-19(8-10-20)17-22-11-5-3-4-6-12-22;;/h7-10,18H,3-6,11-17H2,1-2H3;2*1H. The van der Waals surface area contributed by atoms with Crippen molar-refractivity contribution in [2.45, 2.75) is 52.1 Å². The van der Waals surface area contributed by atoms with Gasteiger partial charge in [0.15, 0.2) is 0 Å². The van der Waals surface area contributed by atoms with Gasteiger partial charge in [-0.2, -0.15) is 0 Å². The van der Waals surface area contributed by atoms with Crippen LogP contribution in [0.4, 0.5) is 0 Å². The van der Waals surface area contributed by atoms with E-state index in [1.807, 2.05) is 17.0 Å². The topological polar surface area (TPSA) is 26.8 Å². The van der Waals surface area contributed by atoms with Crippen molar-refractivity contribution in [3.63, 3.8) is 0 Å². The van der Waals surface area contributed by atoms with E-state index in [0.717, 1.165) is 38.3 Å². The molecule has 0 N–H and O–H groups in total. The zero-order valence-electron chi connectivity index (χ0n) is 16.7. The minimum absolute atomic E-state index is 0. The Morgan fingerprint density at radius 3 is 1.93 bits per heavy atom. The van der Waals surface area contributed by atoms with Crippen molar-refractivity contribution < 1.29 is 4.79 Å². The van der Waals surface area contributed by atoms with Crippen LogP contribution in [0.5, 0.6) is 0 Å². The number of piperazine rings is 1. The molecule has 0 bridgehead atoms. The van der Waals surface area contributed by atoms with Gasteiger partial charge >= 0.3 is 0 Å². The molecule has 0 saturated carbocycles. The lowest BCUT2D eigenvalue weighted by Crippen LogP contribution is -2.50. The van der Waals surface area contributed by atoms with Gasteiger partial charge in [-0.15, -0.1) is 24.8 Å². The zero-order chi connectivity index (χ0) is 17.6. The van der Waals surface area contributed by atoms with Crippen LogP contribution in [0.3, 0.4) is 0 Å². The van der Waals surface area contributed by atoms with E-state index in [2.05, 4.69) is 35.8 Å². The van der Waals surface area contributed by atoms with Crippen LogP contribution in [0.25, 0.3) is 0 Å². The molecule has 2 aliphatic rings. The quantitative estimate of drug-likeness (QED) is 0.740. The maximum atomic E-state index is 12.7. The van der Waals surface area contributed by atoms with Crippen LogP contribution in [-0.2, 0) is 6.54 Å². The normalized spacial score (nSPS) is 19.1. The number of benzene rings is 1. The van der Waals surface area contributed by atoms with Crippen molar-refractivity contribution in [2.75, 3.05) is 39.3 Å².